The summed E-state index contributed by atoms with van der Waals surface area (Å²) >= 11 is 0. The van der Waals surface area contributed by atoms with Crippen molar-refractivity contribution in [1.82, 2.24) is 19.8 Å². The van der Waals surface area contributed by atoms with Gasteiger partial charge >= 0.3 is 18.9 Å². The summed E-state index contributed by atoms with van der Waals surface area (Å²) in [7, 11) is 5.68. The van der Waals surface area contributed by atoms with Gasteiger partial charge in [-0.3, -0.25) is 0 Å². The number of anilines is 2. The smallest absolute Gasteiger partial charge is 0.385 e. The Kier molecular flexibility index (Phi) is 32.8. The summed E-state index contributed by atoms with van der Waals surface area (Å²) < 4.78 is 4.60. The summed E-state index contributed by atoms with van der Waals surface area (Å²) in [6.45, 7) is 26.8. The summed E-state index contributed by atoms with van der Waals surface area (Å²) in [4.78, 5) is 0. The van der Waals surface area contributed by atoms with E-state index in [1.165, 1.54) is 50.3 Å². The molecule has 4 N–H and O–H groups in total. The molecule has 6 rings (SSSR count). The van der Waals surface area contributed by atoms with E-state index in [4.69, 9.17) is 0 Å². The van der Waals surface area contributed by atoms with Crippen molar-refractivity contribution < 1.29 is 18.9 Å². The number of aromatic nitrogens is 2. The van der Waals surface area contributed by atoms with Gasteiger partial charge in [-0.2, -0.15) is 0 Å². The van der Waals surface area contributed by atoms with Crippen LogP contribution in [-0.4, -0.2) is 49.4 Å². The minimum Gasteiger partial charge on any atom is -0.385 e. The number of para-hydroxylation sites is 2. The van der Waals surface area contributed by atoms with Crippen molar-refractivity contribution in [2.45, 2.75) is 89.1 Å². The fourth-order valence-electron chi connectivity index (χ4n) is 5.24. The summed E-state index contributed by atoms with van der Waals surface area (Å²) in [5.74, 6) is 0. The molecule has 7 heteroatoms. The molecular weight excluding hydrogens is 656 g/mol. The Labute approximate surface area is 343 Å². The van der Waals surface area contributed by atoms with Gasteiger partial charge in [0.05, 0.1) is 11.0 Å². The van der Waals surface area contributed by atoms with Crippen LogP contribution in [0.25, 0.3) is 33.2 Å². The maximum Gasteiger partial charge on any atom is 1.00 e. The Balaban J connectivity index is -0.000000716. The van der Waals surface area contributed by atoms with Gasteiger partial charge < -0.3 is 37.8 Å². The Morgan fingerprint density at radius 1 is 0.537 bits per heavy atom. The third-order valence-corrected chi connectivity index (χ3v) is 7.23. The van der Waals surface area contributed by atoms with Crippen molar-refractivity contribution in [2.24, 2.45) is 0 Å². The van der Waals surface area contributed by atoms with Gasteiger partial charge in [0.1, 0.15) is 0 Å². The molecule has 0 radical (unpaired) electrons. The van der Waals surface area contributed by atoms with Crippen LogP contribution < -0.4 is 40.1 Å². The Bertz CT molecular complexity index is 1730. The van der Waals surface area contributed by atoms with Crippen LogP contribution in [0.5, 0.6) is 0 Å². The van der Waals surface area contributed by atoms with Gasteiger partial charge in [-0.15, -0.1) is 0 Å². The minimum atomic E-state index is 0. The van der Waals surface area contributed by atoms with Crippen LogP contribution >= 0.6 is 0 Å². The first-order valence-electron chi connectivity index (χ1n) is 19.4. The molecule has 54 heavy (non-hydrogen) atoms. The molecule has 0 saturated heterocycles. The third kappa shape index (κ3) is 17.5. The zero-order valence-corrected chi connectivity index (χ0v) is 37.3. The first-order chi connectivity index (χ1) is 25.3. The molecule has 0 bridgehead atoms. The predicted octanol–water partition coefficient (Wildman–Crippen LogP) is 9.72. The fourth-order valence-corrected chi connectivity index (χ4v) is 5.24. The molecule has 0 amide bonds. The second-order valence-electron chi connectivity index (χ2n) is 11.5. The predicted molar refractivity (Wildman–Crippen MR) is 244 cm³/mol. The zero-order valence-electron chi connectivity index (χ0n) is 37.3. The van der Waals surface area contributed by atoms with Gasteiger partial charge in [-0.05, 0) is 135 Å². The Morgan fingerprint density at radius 3 is 1.19 bits per heavy atom. The first-order valence-corrected chi connectivity index (χ1v) is 19.4. The van der Waals surface area contributed by atoms with Crippen molar-refractivity contribution in [3.05, 3.63) is 128 Å². The van der Waals surface area contributed by atoms with Gasteiger partial charge in [-0.25, -0.2) is 0 Å². The van der Waals surface area contributed by atoms with E-state index in [1.807, 2.05) is 62.7 Å². The molecule has 6 nitrogen and oxygen atoms in total. The molecule has 0 aliphatic heterocycles. The SMILES string of the molecule is CC.CC.CC.CCNC.CCNc1ccc(-n2c(C)cc3ccccc32)cc1.CNC.Cc1cc2ccccc2n1-c1ccc(NC(C)C)cc1.[CH3-].[Li+]. The molecule has 0 spiro atoms. The molecule has 4 aromatic carbocycles. The molecule has 0 aliphatic rings. The molecule has 6 aromatic rings. The molecule has 0 aliphatic carbocycles. The van der Waals surface area contributed by atoms with Gasteiger partial charge in [0.2, 0.25) is 0 Å². The van der Waals surface area contributed by atoms with Crippen molar-refractivity contribution in [3.63, 3.8) is 0 Å². The molecule has 0 fully saturated rings. The topological polar surface area (TPSA) is 58.0 Å². The maximum absolute atomic E-state index is 3.42. The van der Waals surface area contributed by atoms with E-state index in [0.29, 0.717) is 6.04 Å². The summed E-state index contributed by atoms with van der Waals surface area (Å²) in [6, 6.07) is 39.1. The number of rotatable bonds is 7. The second kappa shape index (κ2) is 32.5. The van der Waals surface area contributed by atoms with Crippen molar-refractivity contribution >= 4 is 33.2 Å². The van der Waals surface area contributed by atoms with E-state index in [-0.39, 0.29) is 26.3 Å². The number of hydrogen-bond donors (Lipinski definition) is 4. The second-order valence-corrected chi connectivity index (χ2v) is 11.5. The molecule has 294 valence electrons. The van der Waals surface area contributed by atoms with Crippen LogP contribution in [0.1, 0.15) is 80.6 Å². The number of aryl methyl sites for hydroxylation is 2. The van der Waals surface area contributed by atoms with Gasteiger partial charge in [0, 0.05) is 57.5 Å². The molecule has 0 saturated carbocycles. The van der Waals surface area contributed by atoms with E-state index in [9.17, 15) is 0 Å². The molecule has 0 unspecified atom stereocenters. The van der Waals surface area contributed by atoms with Crippen molar-refractivity contribution in [3.8, 4) is 11.4 Å². The van der Waals surface area contributed by atoms with E-state index in [1.54, 1.807) is 0 Å². The van der Waals surface area contributed by atoms with Gasteiger partial charge in [0.15, 0.2) is 0 Å². The number of fused-ring (bicyclic) bond motifs is 2. The van der Waals surface area contributed by atoms with Crippen molar-refractivity contribution in [2.75, 3.05) is 44.9 Å². The average molecular weight is 731 g/mol. The maximum atomic E-state index is 3.42. The van der Waals surface area contributed by atoms with Crippen LogP contribution in [0.2, 0.25) is 0 Å². The van der Waals surface area contributed by atoms with Crippen LogP contribution in [-0.2, 0) is 0 Å². The van der Waals surface area contributed by atoms with Gasteiger partial charge in [-0.1, -0.05) is 84.9 Å². The monoisotopic (exact) mass is 731 g/mol. The van der Waals surface area contributed by atoms with Crippen LogP contribution in [0, 0.1) is 21.3 Å². The fraction of sp³-hybridized carbons (Fsp3) is 0.383. The van der Waals surface area contributed by atoms with E-state index in [2.05, 4.69) is 181 Å². The van der Waals surface area contributed by atoms with E-state index in [0.717, 1.165) is 18.8 Å². The van der Waals surface area contributed by atoms with Gasteiger partial charge in [0.25, 0.3) is 0 Å². The molecule has 0 atom stereocenters. The number of nitrogens with one attached hydrogen (secondary N) is 4. The quantitative estimate of drug-likeness (QED) is 0.0977. The zero-order chi connectivity index (χ0) is 39.5. The Hall–Kier alpha value is -3.92. The average Bonchev–Trinajstić information content (AvgIpc) is 3.70. The Morgan fingerprint density at radius 2 is 0.870 bits per heavy atom. The summed E-state index contributed by atoms with van der Waals surface area (Å²) in [5, 5.41) is 15.0. The number of benzene rings is 4. The van der Waals surface area contributed by atoms with Crippen LogP contribution in [0.15, 0.2) is 109 Å². The normalized spacial score (nSPS) is 9.19. The van der Waals surface area contributed by atoms with Crippen molar-refractivity contribution in [1.29, 1.82) is 0 Å². The largest absolute Gasteiger partial charge is 1.00 e. The standard InChI is InChI=1S/C18H20N2.C17H18N2.C3H9N.C2H7N.3C2H6.CH3.Li/c1-13(2)19-16-8-10-17(11-9-16)20-14(3)12-15-6-4-5-7-18(15)20;1-3-18-15-8-10-16(11-9-15)19-13(2)12-14-6-4-5-7-17(14)19;1-3-4-2;1-3-2;3*1-2;;/h4-13,19H,1-3H3;4-12,18H,3H2,1-2H3;4H,3H2,1-2H3;3H,1-2H3;3*1-2H3;1H3;/q;;;;;;;-1;+1. The van der Waals surface area contributed by atoms with E-state index < -0.39 is 0 Å². The van der Waals surface area contributed by atoms with E-state index >= 15 is 0 Å². The summed E-state index contributed by atoms with van der Waals surface area (Å²) in [6.07, 6.45) is 0. The third-order valence-electron chi connectivity index (χ3n) is 7.23. The number of nitrogens with zero attached hydrogens (tertiary/aromatic N) is 2. The number of hydrogen-bond acceptors (Lipinski definition) is 4. The van der Waals surface area contributed by atoms with Crippen LogP contribution in [0.4, 0.5) is 11.4 Å². The first kappa shape index (κ1) is 54.4. The summed E-state index contributed by atoms with van der Waals surface area (Å²) in [5.41, 5.74) is 9.79. The molecule has 2 heterocycles. The van der Waals surface area contributed by atoms with Crippen LogP contribution in [0.3, 0.4) is 0 Å². The molecular formula is C47H75LiN6. The molecule has 2 aromatic heterocycles. The minimum absolute atomic E-state index is 0.